The SMILES string of the molecule is CNc1cc(C(C)(C)C)cc(NC(=O)Nc2ccc(Oc3ccnc(Nc4cc(OC)cc(C(=O)NCCN5CCCOCC5)c4)c3)c3ccccc23)c1OC. The van der Waals surface area contributed by atoms with E-state index in [0.717, 1.165) is 54.7 Å². The van der Waals surface area contributed by atoms with Gasteiger partial charge in [0.05, 0.1) is 37.9 Å². The fourth-order valence-electron chi connectivity index (χ4n) is 6.49. The molecule has 56 heavy (non-hydrogen) atoms. The van der Waals surface area contributed by atoms with Gasteiger partial charge in [-0.1, -0.05) is 45.0 Å². The number of hydrogen-bond acceptors (Lipinski definition) is 10. The zero-order valence-corrected chi connectivity index (χ0v) is 32.9. The van der Waals surface area contributed by atoms with Crippen LogP contribution >= 0.6 is 0 Å². The molecule has 0 saturated carbocycles. The number of ether oxygens (including phenoxy) is 4. The van der Waals surface area contributed by atoms with Gasteiger partial charge in [-0.05, 0) is 59.9 Å². The van der Waals surface area contributed by atoms with Gasteiger partial charge in [0, 0.05) is 80.2 Å². The first-order chi connectivity index (χ1) is 27.0. The van der Waals surface area contributed by atoms with Crippen LogP contribution in [0.5, 0.6) is 23.0 Å². The van der Waals surface area contributed by atoms with Gasteiger partial charge in [0.25, 0.3) is 5.91 Å². The molecule has 0 aliphatic carbocycles. The van der Waals surface area contributed by atoms with E-state index in [1.54, 1.807) is 50.7 Å². The van der Waals surface area contributed by atoms with Gasteiger partial charge in [-0.25, -0.2) is 9.78 Å². The predicted octanol–water partition coefficient (Wildman–Crippen LogP) is 8.22. The summed E-state index contributed by atoms with van der Waals surface area (Å²) >= 11 is 0. The van der Waals surface area contributed by atoms with Crippen molar-refractivity contribution in [2.24, 2.45) is 0 Å². The highest BCUT2D eigenvalue weighted by atomic mass is 16.5. The molecular formula is C43H51N7O6. The van der Waals surface area contributed by atoms with Crippen LogP contribution in [0, 0.1) is 0 Å². The molecule has 1 aliphatic heterocycles. The molecule has 6 rings (SSSR count). The lowest BCUT2D eigenvalue weighted by atomic mass is 9.86. The third-order valence-electron chi connectivity index (χ3n) is 9.47. The highest BCUT2D eigenvalue weighted by molar-refractivity contribution is 6.08. The molecule has 1 aliphatic rings. The second-order valence-corrected chi connectivity index (χ2v) is 14.5. The van der Waals surface area contributed by atoms with E-state index in [1.165, 1.54) is 0 Å². The summed E-state index contributed by atoms with van der Waals surface area (Å²) in [5.41, 5.74) is 3.93. The molecular weight excluding hydrogens is 711 g/mol. The molecule has 13 nitrogen and oxygen atoms in total. The molecule has 1 aromatic heterocycles. The van der Waals surface area contributed by atoms with Gasteiger partial charge in [-0.15, -0.1) is 0 Å². The Morgan fingerprint density at radius 3 is 2.39 bits per heavy atom. The summed E-state index contributed by atoms with van der Waals surface area (Å²) in [4.78, 5) is 33.4. The van der Waals surface area contributed by atoms with Crippen LogP contribution in [0.3, 0.4) is 0 Å². The summed E-state index contributed by atoms with van der Waals surface area (Å²) in [6.45, 7) is 10.9. The van der Waals surface area contributed by atoms with Gasteiger partial charge in [0.2, 0.25) is 0 Å². The Balaban J connectivity index is 1.15. The minimum atomic E-state index is -0.415. The second kappa shape index (κ2) is 18.1. The van der Waals surface area contributed by atoms with E-state index in [0.29, 0.717) is 64.6 Å². The summed E-state index contributed by atoms with van der Waals surface area (Å²) in [5.74, 6) is 2.52. The number of aromatic nitrogens is 1. The molecule has 0 spiro atoms. The van der Waals surface area contributed by atoms with E-state index < -0.39 is 6.03 Å². The Labute approximate surface area is 328 Å². The van der Waals surface area contributed by atoms with Crippen LogP contribution in [0.1, 0.15) is 43.1 Å². The number of urea groups is 1. The monoisotopic (exact) mass is 761 g/mol. The third-order valence-corrected chi connectivity index (χ3v) is 9.47. The van der Waals surface area contributed by atoms with E-state index in [4.69, 9.17) is 18.9 Å². The fourth-order valence-corrected chi connectivity index (χ4v) is 6.49. The number of carbonyl (C=O) groups excluding carboxylic acids is 2. The molecule has 294 valence electrons. The number of carbonyl (C=O) groups is 2. The Morgan fingerprint density at radius 2 is 1.62 bits per heavy atom. The summed E-state index contributed by atoms with van der Waals surface area (Å²) in [5, 5.41) is 17.1. The van der Waals surface area contributed by atoms with E-state index in [9.17, 15) is 9.59 Å². The molecule has 1 fully saturated rings. The van der Waals surface area contributed by atoms with Crippen molar-refractivity contribution in [2.75, 3.05) is 81.9 Å². The molecule has 5 N–H and O–H groups in total. The average Bonchev–Trinajstić information content (AvgIpc) is 3.47. The number of nitrogens with zero attached hydrogens (tertiary/aromatic N) is 2. The zero-order valence-electron chi connectivity index (χ0n) is 32.9. The summed E-state index contributed by atoms with van der Waals surface area (Å²) in [7, 11) is 4.96. The molecule has 1 saturated heterocycles. The van der Waals surface area contributed by atoms with E-state index in [2.05, 4.69) is 57.2 Å². The molecule has 0 unspecified atom stereocenters. The van der Waals surface area contributed by atoms with Crippen molar-refractivity contribution in [2.45, 2.75) is 32.6 Å². The van der Waals surface area contributed by atoms with E-state index in [-0.39, 0.29) is 11.3 Å². The maximum Gasteiger partial charge on any atom is 0.323 e. The molecule has 0 bridgehead atoms. The number of benzene rings is 4. The van der Waals surface area contributed by atoms with Crippen molar-refractivity contribution >= 4 is 51.3 Å². The van der Waals surface area contributed by atoms with Crippen molar-refractivity contribution in [3.8, 4) is 23.0 Å². The highest BCUT2D eigenvalue weighted by Gasteiger charge is 2.21. The van der Waals surface area contributed by atoms with Crippen LogP contribution in [0.25, 0.3) is 10.8 Å². The van der Waals surface area contributed by atoms with Crippen molar-refractivity contribution < 1.29 is 28.5 Å². The van der Waals surface area contributed by atoms with Gasteiger partial charge < -0.3 is 45.5 Å². The minimum Gasteiger partial charge on any atom is -0.497 e. The summed E-state index contributed by atoms with van der Waals surface area (Å²) < 4.78 is 23.1. The van der Waals surface area contributed by atoms with Crippen molar-refractivity contribution in [1.82, 2.24) is 15.2 Å². The largest absolute Gasteiger partial charge is 0.497 e. The smallest absolute Gasteiger partial charge is 0.323 e. The molecule has 0 radical (unpaired) electrons. The van der Waals surface area contributed by atoms with Crippen molar-refractivity contribution in [3.05, 3.63) is 96.2 Å². The Morgan fingerprint density at radius 1 is 0.839 bits per heavy atom. The van der Waals surface area contributed by atoms with E-state index in [1.807, 2.05) is 55.6 Å². The number of fused-ring (bicyclic) bond motifs is 1. The van der Waals surface area contributed by atoms with Crippen molar-refractivity contribution in [1.29, 1.82) is 0 Å². The number of hydrogen-bond donors (Lipinski definition) is 5. The molecule has 2 heterocycles. The lowest BCUT2D eigenvalue weighted by molar-refractivity contribution is 0.0947. The van der Waals surface area contributed by atoms with Crippen LogP contribution in [-0.2, 0) is 10.2 Å². The van der Waals surface area contributed by atoms with Gasteiger partial charge >= 0.3 is 6.03 Å². The normalized spacial score (nSPS) is 13.3. The van der Waals surface area contributed by atoms with Crippen LogP contribution < -0.4 is 40.8 Å². The first-order valence-corrected chi connectivity index (χ1v) is 18.7. The van der Waals surface area contributed by atoms with Crippen LogP contribution in [0.4, 0.5) is 33.4 Å². The lowest BCUT2D eigenvalue weighted by Crippen LogP contribution is -2.36. The standard InChI is InChI=1S/C43H51N7O6/c1-43(2,3)29-24-36(44-4)40(54-6)37(25-29)49-42(52)48-35-12-13-38(34-11-8-7-10-33(34)35)56-31-14-15-45-39(27-31)47-30-22-28(23-32(26-30)53-5)41(51)46-16-18-50-17-9-20-55-21-19-50/h7-8,10-15,22-27,44H,9,16-21H2,1-6H3,(H,45,47)(H,46,51)(H2,48,49,52). The fraction of sp³-hybridized carbons (Fsp3) is 0.326. The number of rotatable bonds is 13. The third kappa shape index (κ3) is 9.97. The quantitative estimate of drug-likeness (QED) is 0.0795. The summed E-state index contributed by atoms with van der Waals surface area (Å²) in [6.07, 6.45) is 2.63. The molecule has 4 aromatic carbocycles. The maximum atomic E-state index is 13.5. The molecule has 13 heteroatoms. The Bertz CT molecular complexity index is 2160. The van der Waals surface area contributed by atoms with Gasteiger partial charge in [0.15, 0.2) is 5.75 Å². The van der Waals surface area contributed by atoms with Crippen LogP contribution in [0.15, 0.2) is 85.1 Å². The summed E-state index contributed by atoms with van der Waals surface area (Å²) in [6, 6.07) is 23.7. The van der Waals surface area contributed by atoms with Gasteiger partial charge in [-0.2, -0.15) is 0 Å². The number of nitrogens with one attached hydrogen (secondary N) is 5. The first kappa shape index (κ1) is 39.6. The Hall–Kier alpha value is -6.05. The number of anilines is 5. The second-order valence-electron chi connectivity index (χ2n) is 14.5. The van der Waals surface area contributed by atoms with E-state index >= 15 is 0 Å². The Kier molecular flexibility index (Phi) is 12.8. The lowest BCUT2D eigenvalue weighted by Gasteiger charge is -2.23. The van der Waals surface area contributed by atoms with Gasteiger partial charge in [-0.3, -0.25) is 9.69 Å². The topological polar surface area (TPSA) is 147 Å². The minimum absolute atomic E-state index is 0.151. The molecule has 5 aromatic rings. The maximum absolute atomic E-state index is 13.5. The van der Waals surface area contributed by atoms with Crippen LogP contribution in [-0.4, -0.2) is 82.5 Å². The number of pyridine rings is 1. The number of amides is 3. The van der Waals surface area contributed by atoms with Crippen molar-refractivity contribution in [3.63, 3.8) is 0 Å². The molecule has 3 amide bonds. The van der Waals surface area contributed by atoms with Gasteiger partial charge in [0.1, 0.15) is 23.1 Å². The predicted molar refractivity (Wildman–Crippen MR) is 223 cm³/mol. The zero-order chi connectivity index (χ0) is 39.7. The molecule has 0 atom stereocenters. The average molecular weight is 762 g/mol. The highest BCUT2D eigenvalue weighted by Crippen LogP contribution is 2.39. The first-order valence-electron chi connectivity index (χ1n) is 18.7. The number of methoxy groups -OCH3 is 2. The van der Waals surface area contributed by atoms with Crippen LogP contribution in [0.2, 0.25) is 0 Å².